The molecule has 6 heteroatoms. The monoisotopic (exact) mass is 421 g/mol. The van der Waals surface area contributed by atoms with Gasteiger partial charge in [-0.05, 0) is 69.4 Å². The molecule has 1 amide bonds. The van der Waals surface area contributed by atoms with E-state index in [1.807, 2.05) is 31.2 Å². The van der Waals surface area contributed by atoms with Crippen LogP contribution < -0.4 is 10.9 Å². The first-order valence-electron chi connectivity index (χ1n) is 10.2. The first-order valence-corrected chi connectivity index (χ1v) is 10.6. The van der Waals surface area contributed by atoms with E-state index in [1.165, 1.54) is 4.68 Å². The number of aryl methyl sites for hydroxylation is 1. The second-order valence-corrected chi connectivity index (χ2v) is 8.24. The lowest BCUT2D eigenvalue weighted by molar-refractivity contribution is -0.119. The van der Waals surface area contributed by atoms with E-state index < -0.39 is 6.04 Å². The van der Waals surface area contributed by atoms with Crippen molar-refractivity contribution >= 4 is 23.2 Å². The van der Waals surface area contributed by atoms with Crippen LogP contribution in [0.2, 0.25) is 5.02 Å². The van der Waals surface area contributed by atoms with Crippen LogP contribution >= 0.6 is 11.6 Å². The number of hydrogen-bond acceptors (Lipinski definition) is 3. The lowest BCUT2D eigenvalue weighted by Gasteiger charge is -2.22. The fourth-order valence-corrected chi connectivity index (χ4v) is 3.98. The summed E-state index contributed by atoms with van der Waals surface area (Å²) in [6.45, 7) is 3.74. The molecule has 0 spiro atoms. The van der Waals surface area contributed by atoms with E-state index in [1.54, 1.807) is 31.2 Å². The van der Waals surface area contributed by atoms with Gasteiger partial charge in [-0.3, -0.25) is 9.59 Å². The number of benzene rings is 2. The van der Waals surface area contributed by atoms with Crippen LogP contribution in [0.3, 0.4) is 0 Å². The number of hydrogen-bond donors (Lipinski definition) is 1. The molecule has 0 bridgehead atoms. The van der Waals surface area contributed by atoms with Crippen LogP contribution in [0.25, 0.3) is 11.3 Å². The van der Waals surface area contributed by atoms with Crippen molar-refractivity contribution in [1.29, 1.82) is 0 Å². The molecule has 1 atom stereocenters. The third-order valence-corrected chi connectivity index (χ3v) is 5.86. The van der Waals surface area contributed by atoms with Crippen molar-refractivity contribution in [3.05, 3.63) is 80.6 Å². The van der Waals surface area contributed by atoms with Crippen molar-refractivity contribution in [2.45, 2.75) is 45.6 Å². The molecule has 1 aliphatic rings. The summed E-state index contributed by atoms with van der Waals surface area (Å²) >= 11 is 5.91. The topological polar surface area (TPSA) is 64.0 Å². The van der Waals surface area contributed by atoms with Crippen molar-refractivity contribution in [1.82, 2.24) is 9.78 Å². The van der Waals surface area contributed by atoms with E-state index in [9.17, 15) is 9.59 Å². The minimum atomic E-state index is -0.746. The highest BCUT2D eigenvalue weighted by molar-refractivity contribution is 6.30. The van der Waals surface area contributed by atoms with Gasteiger partial charge in [0.25, 0.3) is 5.56 Å². The Morgan fingerprint density at radius 3 is 2.33 bits per heavy atom. The summed E-state index contributed by atoms with van der Waals surface area (Å²) in [5.74, 6) is -0.294. The van der Waals surface area contributed by atoms with Gasteiger partial charge in [-0.2, -0.15) is 5.10 Å². The average Bonchev–Trinajstić information content (AvgIpc) is 2.76. The van der Waals surface area contributed by atoms with Crippen molar-refractivity contribution in [3.63, 3.8) is 0 Å². The molecule has 0 saturated heterocycles. The number of nitrogens with zero attached hydrogens (tertiary/aromatic N) is 2. The molecule has 3 aromatic rings. The minimum Gasteiger partial charge on any atom is -0.324 e. The standard InChI is InChI=1S/C24H24ClN3O2/c1-15-7-9-17(10-8-15)22-20-5-3-4-6-21(20)24(30)28(27-22)16(2)23(29)26-19-13-11-18(25)12-14-19/h7-14,16H,3-6H2,1-2H3,(H,26,29)/t16-/m0/s1. The van der Waals surface area contributed by atoms with Gasteiger partial charge in [-0.25, -0.2) is 4.68 Å². The first-order chi connectivity index (χ1) is 14.4. The molecule has 0 unspecified atom stereocenters. The summed E-state index contributed by atoms with van der Waals surface area (Å²) in [6, 6.07) is 14.3. The molecule has 30 heavy (non-hydrogen) atoms. The van der Waals surface area contributed by atoms with Crippen LogP contribution in [-0.4, -0.2) is 15.7 Å². The van der Waals surface area contributed by atoms with E-state index >= 15 is 0 Å². The van der Waals surface area contributed by atoms with Gasteiger partial charge in [0.1, 0.15) is 6.04 Å². The zero-order valence-electron chi connectivity index (χ0n) is 17.1. The van der Waals surface area contributed by atoms with Crippen LogP contribution in [0.15, 0.2) is 53.3 Å². The average molecular weight is 422 g/mol. The SMILES string of the molecule is Cc1ccc(-c2nn([C@@H](C)C(=O)Nc3ccc(Cl)cc3)c(=O)c3c2CCCC3)cc1. The summed E-state index contributed by atoms with van der Waals surface area (Å²) in [7, 11) is 0. The van der Waals surface area contributed by atoms with E-state index in [4.69, 9.17) is 11.6 Å². The molecular formula is C24H24ClN3O2. The maximum absolute atomic E-state index is 13.2. The van der Waals surface area contributed by atoms with Gasteiger partial charge >= 0.3 is 0 Å². The zero-order chi connectivity index (χ0) is 21.3. The van der Waals surface area contributed by atoms with Gasteiger partial charge in [-0.15, -0.1) is 0 Å². The number of aromatic nitrogens is 2. The number of rotatable bonds is 4. The molecule has 0 radical (unpaired) electrons. The van der Waals surface area contributed by atoms with Gasteiger partial charge in [0, 0.05) is 21.8 Å². The number of carbonyl (C=O) groups excluding carboxylic acids is 1. The van der Waals surface area contributed by atoms with Crippen molar-refractivity contribution in [2.24, 2.45) is 0 Å². The summed E-state index contributed by atoms with van der Waals surface area (Å²) < 4.78 is 1.34. The molecular weight excluding hydrogens is 398 g/mol. The number of halogens is 1. The summed E-state index contributed by atoms with van der Waals surface area (Å²) in [6.07, 6.45) is 3.59. The van der Waals surface area contributed by atoms with Crippen molar-refractivity contribution < 1.29 is 4.79 Å². The molecule has 154 valence electrons. The van der Waals surface area contributed by atoms with Gasteiger partial charge in [0.2, 0.25) is 5.91 Å². The van der Waals surface area contributed by atoms with E-state index in [0.717, 1.165) is 53.6 Å². The van der Waals surface area contributed by atoms with E-state index in [2.05, 4.69) is 10.4 Å². The molecule has 5 nitrogen and oxygen atoms in total. The first kappa shape index (κ1) is 20.4. The minimum absolute atomic E-state index is 0.167. The van der Waals surface area contributed by atoms with Crippen molar-refractivity contribution in [3.8, 4) is 11.3 Å². The smallest absolute Gasteiger partial charge is 0.271 e. The highest BCUT2D eigenvalue weighted by atomic mass is 35.5. The maximum Gasteiger partial charge on any atom is 0.271 e. The Labute approximate surface area is 180 Å². The Morgan fingerprint density at radius 1 is 1.03 bits per heavy atom. The second-order valence-electron chi connectivity index (χ2n) is 7.80. The molecule has 1 N–H and O–H groups in total. The van der Waals surface area contributed by atoms with E-state index in [-0.39, 0.29) is 11.5 Å². The predicted molar refractivity (Wildman–Crippen MR) is 120 cm³/mol. The van der Waals surface area contributed by atoms with Crippen LogP contribution in [0, 0.1) is 6.92 Å². The molecule has 1 aromatic heterocycles. The molecule has 0 aliphatic heterocycles. The summed E-state index contributed by atoms with van der Waals surface area (Å²) in [4.78, 5) is 26.1. The molecule has 0 saturated carbocycles. The lowest BCUT2D eigenvalue weighted by atomic mass is 9.89. The van der Waals surface area contributed by atoms with Gasteiger partial charge in [-0.1, -0.05) is 41.4 Å². The van der Waals surface area contributed by atoms with E-state index in [0.29, 0.717) is 10.7 Å². The van der Waals surface area contributed by atoms with Crippen molar-refractivity contribution in [2.75, 3.05) is 5.32 Å². The second kappa shape index (κ2) is 8.44. The summed E-state index contributed by atoms with van der Waals surface area (Å²) in [5, 5.41) is 8.12. The Balaban J connectivity index is 1.74. The Bertz CT molecular complexity index is 1130. The highest BCUT2D eigenvalue weighted by Crippen LogP contribution is 2.29. The third-order valence-electron chi connectivity index (χ3n) is 5.61. The fraction of sp³-hybridized carbons (Fsp3) is 0.292. The Morgan fingerprint density at radius 2 is 1.67 bits per heavy atom. The van der Waals surface area contributed by atoms with Gasteiger partial charge < -0.3 is 5.32 Å². The van der Waals surface area contributed by atoms with Crippen LogP contribution in [-0.2, 0) is 17.6 Å². The molecule has 4 rings (SSSR count). The van der Waals surface area contributed by atoms with Gasteiger partial charge in [0.05, 0.1) is 5.69 Å². The third kappa shape index (κ3) is 4.03. The Hall–Kier alpha value is -2.92. The number of amides is 1. The molecule has 0 fully saturated rings. The molecule has 2 aromatic carbocycles. The maximum atomic E-state index is 13.2. The molecule has 1 aliphatic carbocycles. The number of fused-ring (bicyclic) bond motifs is 1. The predicted octanol–water partition coefficient (Wildman–Crippen LogP) is 4.95. The number of nitrogens with one attached hydrogen (secondary N) is 1. The normalized spacial score (nSPS) is 14.1. The van der Waals surface area contributed by atoms with Gasteiger partial charge in [0.15, 0.2) is 0 Å². The Kier molecular flexibility index (Phi) is 5.73. The van der Waals surface area contributed by atoms with Crippen LogP contribution in [0.1, 0.15) is 42.5 Å². The largest absolute Gasteiger partial charge is 0.324 e. The fourth-order valence-electron chi connectivity index (χ4n) is 3.85. The number of carbonyl (C=O) groups is 1. The highest BCUT2D eigenvalue weighted by Gasteiger charge is 2.25. The number of anilines is 1. The summed E-state index contributed by atoms with van der Waals surface area (Å²) in [5.41, 5.74) is 5.21. The van der Waals surface area contributed by atoms with Crippen LogP contribution in [0.4, 0.5) is 5.69 Å². The lowest BCUT2D eigenvalue weighted by Crippen LogP contribution is -2.37. The zero-order valence-corrected chi connectivity index (χ0v) is 17.9. The quantitative estimate of drug-likeness (QED) is 0.648. The van der Waals surface area contributed by atoms with Crippen LogP contribution in [0.5, 0.6) is 0 Å². The molecule has 1 heterocycles.